The van der Waals surface area contributed by atoms with Crippen LogP contribution in [-0.2, 0) is 13.2 Å². The number of anilines is 1. The topological polar surface area (TPSA) is 82.2 Å². The van der Waals surface area contributed by atoms with Gasteiger partial charge in [0, 0.05) is 11.2 Å². The second-order valence-corrected chi connectivity index (χ2v) is 7.61. The summed E-state index contributed by atoms with van der Waals surface area (Å²) in [6.45, 7) is 4.48. The highest BCUT2D eigenvalue weighted by Crippen LogP contribution is 2.20. The summed E-state index contributed by atoms with van der Waals surface area (Å²) in [5.74, 6) is 0.873. The van der Waals surface area contributed by atoms with Crippen molar-refractivity contribution in [3.8, 4) is 5.75 Å². The van der Waals surface area contributed by atoms with Gasteiger partial charge in [-0.15, -0.1) is 0 Å². The first-order chi connectivity index (χ1) is 15.0. The van der Waals surface area contributed by atoms with Crippen LogP contribution in [-0.4, -0.2) is 20.8 Å². The summed E-state index contributed by atoms with van der Waals surface area (Å²) in [4.78, 5) is 12.8. The van der Waals surface area contributed by atoms with Crippen molar-refractivity contribution in [3.05, 3.63) is 94.1 Å². The molecule has 2 aromatic carbocycles. The molecule has 0 aliphatic carbocycles. The summed E-state index contributed by atoms with van der Waals surface area (Å²) < 4.78 is 12.8. The Morgan fingerprint density at radius 3 is 2.77 bits per heavy atom. The molecule has 0 fully saturated rings. The number of nitrogens with zero attached hydrogens (tertiary/aromatic N) is 3. The Morgan fingerprint density at radius 1 is 1.19 bits per heavy atom. The van der Waals surface area contributed by atoms with Gasteiger partial charge in [-0.25, -0.2) is 0 Å². The van der Waals surface area contributed by atoms with Crippen molar-refractivity contribution in [2.24, 2.45) is 0 Å². The van der Waals surface area contributed by atoms with Crippen molar-refractivity contribution in [1.82, 2.24) is 14.9 Å². The van der Waals surface area contributed by atoms with Crippen molar-refractivity contribution in [2.75, 3.05) is 5.32 Å². The number of benzene rings is 2. The van der Waals surface area contributed by atoms with Gasteiger partial charge in [0.2, 0.25) is 0 Å². The Labute approximate surface area is 184 Å². The van der Waals surface area contributed by atoms with E-state index in [1.165, 1.54) is 0 Å². The van der Waals surface area contributed by atoms with Crippen molar-refractivity contribution >= 4 is 23.2 Å². The summed E-state index contributed by atoms with van der Waals surface area (Å²) in [6, 6.07) is 15.2. The first kappa shape index (κ1) is 20.7. The van der Waals surface area contributed by atoms with Gasteiger partial charge >= 0.3 is 0 Å². The van der Waals surface area contributed by atoms with E-state index >= 15 is 0 Å². The van der Waals surface area contributed by atoms with E-state index in [0.29, 0.717) is 28.6 Å². The molecule has 4 rings (SSSR count). The van der Waals surface area contributed by atoms with E-state index in [1.54, 1.807) is 24.0 Å². The van der Waals surface area contributed by atoms with Gasteiger partial charge in [-0.1, -0.05) is 41.0 Å². The van der Waals surface area contributed by atoms with Gasteiger partial charge in [0.25, 0.3) is 5.91 Å². The SMILES string of the molecule is Cc1cccc(OCc2c(C(=O)Nc3cnn(Cc4ccc(Cl)cc4)c3)noc2C)c1. The van der Waals surface area contributed by atoms with Crippen LogP contribution in [0.2, 0.25) is 5.02 Å². The van der Waals surface area contributed by atoms with Crippen LogP contribution < -0.4 is 10.1 Å². The molecule has 0 aliphatic rings. The first-order valence-electron chi connectivity index (χ1n) is 9.71. The fourth-order valence-electron chi connectivity index (χ4n) is 3.08. The third kappa shape index (κ3) is 5.13. The predicted octanol–water partition coefficient (Wildman–Crippen LogP) is 5.02. The molecule has 0 unspecified atom stereocenters. The average molecular weight is 437 g/mol. The fraction of sp³-hybridized carbons (Fsp3) is 0.174. The van der Waals surface area contributed by atoms with E-state index in [9.17, 15) is 4.79 Å². The Hall–Kier alpha value is -3.58. The number of amides is 1. The van der Waals surface area contributed by atoms with Gasteiger partial charge in [-0.3, -0.25) is 9.48 Å². The van der Waals surface area contributed by atoms with E-state index in [1.807, 2.05) is 55.5 Å². The lowest BCUT2D eigenvalue weighted by Gasteiger charge is -2.07. The van der Waals surface area contributed by atoms with Crippen LogP contribution in [0.5, 0.6) is 5.75 Å². The first-order valence-corrected chi connectivity index (χ1v) is 10.1. The van der Waals surface area contributed by atoms with E-state index in [4.69, 9.17) is 20.9 Å². The molecule has 0 radical (unpaired) electrons. The fourth-order valence-corrected chi connectivity index (χ4v) is 3.21. The Bertz CT molecular complexity index is 1200. The zero-order chi connectivity index (χ0) is 21.8. The number of rotatable bonds is 7. The van der Waals surface area contributed by atoms with Gasteiger partial charge in [0.05, 0.1) is 24.0 Å². The maximum absolute atomic E-state index is 12.8. The molecule has 0 saturated heterocycles. The number of ether oxygens (including phenoxy) is 1. The second-order valence-electron chi connectivity index (χ2n) is 7.18. The molecule has 1 N–H and O–H groups in total. The average Bonchev–Trinajstić information content (AvgIpc) is 3.34. The number of carbonyl (C=O) groups excluding carboxylic acids is 1. The Kier molecular flexibility index (Phi) is 6.04. The number of aromatic nitrogens is 3. The van der Waals surface area contributed by atoms with Gasteiger partial charge in [0.15, 0.2) is 5.69 Å². The minimum atomic E-state index is -0.384. The molecule has 2 heterocycles. The minimum Gasteiger partial charge on any atom is -0.489 e. The highest BCUT2D eigenvalue weighted by atomic mass is 35.5. The smallest absolute Gasteiger partial charge is 0.278 e. The lowest BCUT2D eigenvalue weighted by atomic mass is 10.2. The molecule has 7 nitrogen and oxygen atoms in total. The number of hydrogen-bond donors (Lipinski definition) is 1. The number of carbonyl (C=O) groups is 1. The van der Waals surface area contributed by atoms with Crippen LogP contribution in [0.3, 0.4) is 0 Å². The largest absolute Gasteiger partial charge is 0.489 e. The van der Waals surface area contributed by atoms with Crippen molar-refractivity contribution < 1.29 is 14.1 Å². The molecule has 4 aromatic rings. The molecule has 31 heavy (non-hydrogen) atoms. The van der Waals surface area contributed by atoms with Gasteiger partial charge in [-0.2, -0.15) is 5.10 Å². The number of aryl methyl sites for hydroxylation is 2. The predicted molar refractivity (Wildman–Crippen MR) is 117 cm³/mol. The van der Waals surface area contributed by atoms with Crippen LogP contribution in [0.25, 0.3) is 0 Å². The molecule has 0 atom stereocenters. The lowest BCUT2D eigenvalue weighted by Crippen LogP contribution is -2.15. The molecule has 8 heteroatoms. The molecule has 158 valence electrons. The Morgan fingerprint density at radius 2 is 2.00 bits per heavy atom. The zero-order valence-electron chi connectivity index (χ0n) is 17.1. The Balaban J connectivity index is 1.42. The summed E-state index contributed by atoms with van der Waals surface area (Å²) >= 11 is 5.92. The maximum atomic E-state index is 12.8. The lowest BCUT2D eigenvalue weighted by molar-refractivity contribution is 0.101. The molecule has 0 aliphatic heterocycles. The molecule has 0 spiro atoms. The van der Waals surface area contributed by atoms with Crippen LogP contribution in [0.4, 0.5) is 5.69 Å². The summed E-state index contributed by atoms with van der Waals surface area (Å²) in [5.41, 5.74) is 3.49. The number of hydrogen-bond acceptors (Lipinski definition) is 5. The highest BCUT2D eigenvalue weighted by Gasteiger charge is 2.21. The monoisotopic (exact) mass is 436 g/mol. The molecular formula is C23H21ClN4O3. The standard InChI is InChI=1S/C23H21ClN4O3/c1-15-4-3-5-20(10-15)30-14-21-16(2)31-27-22(21)23(29)26-19-11-25-28(13-19)12-17-6-8-18(24)9-7-17/h3-11,13H,12,14H2,1-2H3,(H,26,29). The highest BCUT2D eigenvalue weighted by molar-refractivity contribution is 6.30. The van der Waals surface area contributed by atoms with Crippen LogP contribution in [0, 0.1) is 13.8 Å². The van der Waals surface area contributed by atoms with E-state index < -0.39 is 0 Å². The zero-order valence-corrected chi connectivity index (χ0v) is 17.9. The molecule has 0 saturated carbocycles. The van der Waals surface area contributed by atoms with Crippen molar-refractivity contribution in [1.29, 1.82) is 0 Å². The van der Waals surface area contributed by atoms with E-state index in [2.05, 4.69) is 15.6 Å². The second kappa shape index (κ2) is 9.06. The van der Waals surface area contributed by atoms with E-state index in [0.717, 1.165) is 16.9 Å². The van der Waals surface area contributed by atoms with Gasteiger partial charge in [0.1, 0.15) is 18.1 Å². The number of nitrogens with one attached hydrogen (secondary N) is 1. The van der Waals surface area contributed by atoms with E-state index in [-0.39, 0.29) is 18.2 Å². The molecule has 2 aromatic heterocycles. The third-order valence-electron chi connectivity index (χ3n) is 4.72. The van der Waals surface area contributed by atoms with Crippen molar-refractivity contribution in [3.63, 3.8) is 0 Å². The molecule has 1 amide bonds. The van der Waals surface area contributed by atoms with Gasteiger partial charge < -0.3 is 14.6 Å². The molecule has 0 bridgehead atoms. The summed E-state index contributed by atoms with van der Waals surface area (Å²) in [6.07, 6.45) is 3.34. The summed E-state index contributed by atoms with van der Waals surface area (Å²) in [7, 11) is 0. The normalized spacial score (nSPS) is 10.8. The summed E-state index contributed by atoms with van der Waals surface area (Å²) in [5, 5.41) is 11.7. The van der Waals surface area contributed by atoms with Crippen LogP contribution in [0.15, 0.2) is 65.4 Å². The van der Waals surface area contributed by atoms with Gasteiger partial charge in [-0.05, 0) is 49.2 Å². The van der Waals surface area contributed by atoms with Crippen LogP contribution >= 0.6 is 11.6 Å². The quantitative estimate of drug-likeness (QED) is 0.439. The van der Waals surface area contributed by atoms with Crippen molar-refractivity contribution in [2.45, 2.75) is 27.0 Å². The maximum Gasteiger partial charge on any atom is 0.278 e. The van der Waals surface area contributed by atoms with Crippen LogP contribution in [0.1, 0.15) is 32.9 Å². The molecular weight excluding hydrogens is 416 g/mol. The number of halogens is 1. The third-order valence-corrected chi connectivity index (χ3v) is 4.97. The minimum absolute atomic E-state index is 0.178.